The molecular weight excluding hydrogens is 416 g/mol. The Morgan fingerprint density at radius 3 is 2.19 bits per heavy atom. The number of hydrogen-bond donors (Lipinski definition) is 2. The molecule has 0 saturated heterocycles. The zero-order valence-electron chi connectivity index (χ0n) is 16.3. The average Bonchev–Trinajstić information content (AvgIpc) is 2.69. The number of hydrogen-bond acceptors (Lipinski definition) is 6. The smallest absolute Gasteiger partial charge is 0.306 e. The van der Waals surface area contributed by atoms with Crippen molar-refractivity contribution in [3.8, 4) is 0 Å². The number of amides is 2. The average molecular weight is 435 g/mol. The summed E-state index contributed by atoms with van der Waals surface area (Å²) in [6.45, 7) is 1.63. The minimum atomic E-state index is -1.48. The molecule has 2 aromatic rings. The number of halogens is 2. The second-order valence-electron chi connectivity index (χ2n) is 6.48. The SMILES string of the molecule is CCOC(=O)C[C@H](c1ccc([N+](=O)[O-])cc1)[C@H](NC(=O)c1cc(F)cc(F)c1)C(N)=O. The van der Waals surface area contributed by atoms with Gasteiger partial charge in [0, 0.05) is 29.7 Å². The first kappa shape index (κ1) is 23.4. The summed E-state index contributed by atoms with van der Waals surface area (Å²) in [6, 6.07) is 5.57. The van der Waals surface area contributed by atoms with Crippen molar-refractivity contribution in [2.75, 3.05) is 6.61 Å². The van der Waals surface area contributed by atoms with Crippen molar-refractivity contribution in [2.24, 2.45) is 5.73 Å². The Bertz CT molecular complexity index is 977. The predicted molar refractivity (Wildman–Crippen MR) is 104 cm³/mol. The number of esters is 1. The van der Waals surface area contributed by atoms with Crippen LogP contribution < -0.4 is 11.1 Å². The number of carbonyl (C=O) groups excluding carboxylic acids is 3. The summed E-state index contributed by atoms with van der Waals surface area (Å²) in [5, 5.41) is 13.2. The maximum absolute atomic E-state index is 13.4. The van der Waals surface area contributed by atoms with E-state index in [4.69, 9.17) is 10.5 Å². The van der Waals surface area contributed by atoms with E-state index in [0.717, 1.165) is 24.3 Å². The number of nitrogens with one attached hydrogen (secondary N) is 1. The number of non-ortho nitro benzene ring substituents is 1. The first-order chi connectivity index (χ1) is 14.6. The van der Waals surface area contributed by atoms with Gasteiger partial charge in [0.05, 0.1) is 18.0 Å². The number of nitrogens with two attached hydrogens (primary N) is 1. The lowest BCUT2D eigenvalue weighted by Crippen LogP contribution is -2.48. The van der Waals surface area contributed by atoms with Gasteiger partial charge in [0.15, 0.2) is 0 Å². The molecule has 2 aromatic carbocycles. The van der Waals surface area contributed by atoms with Crippen LogP contribution in [0.5, 0.6) is 0 Å². The lowest BCUT2D eigenvalue weighted by atomic mass is 9.87. The molecule has 0 spiro atoms. The summed E-state index contributed by atoms with van der Waals surface area (Å²) in [7, 11) is 0. The molecule has 164 valence electrons. The molecular formula is C20H19F2N3O6. The molecule has 11 heteroatoms. The number of nitrogens with zero attached hydrogens (tertiary/aromatic N) is 1. The van der Waals surface area contributed by atoms with Gasteiger partial charge in [0.1, 0.15) is 17.7 Å². The van der Waals surface area contributed by atoms with Crippen LogP contribution in [0.15, 0.2) is 42.5 Å². The van der Waals surface area contributed by atoms with Gasteiger partial charge in [-0.3, -0.25) is 24.5 Å². The van der Waals surface area contributed by atoms with Gasteiger partial charge >= 0.3 is 5.97 Å². The molecule has 0 unspecified atom stereocenters. The van der Waals surface area contributed by atoms with Gasteiger partial charge in [-0.25, -0.2) is 8.78 Å². The van der Waals surface area contributed by atoms with Crippen LogP contribution in [0.2, 0.25) is 0 Å². The van der Waals surface area contributed by atoms with Crippen molar-refractivity contribution in [3.63, 3.8) is 0 Å². The molecule has 0 radical (unpaired) electrons. The van der Waals surface area contributed by atoms with Crippen LogP contribution in [0.1, 0.15) is 35.2 Å². The Labute approximate surface area is 175 Å². The topological polar surface area (TPSA) is 142 Å². The summed E-state index contributed by atoms with van der Waals surface area (Å²) < 4.78 is 31.8. The van der Waals surface area contributed by atoms with Gasteiger partial charge in [-0.1, -0.05) is 12.1 Å². The minimum absolute atomic E-state index is 0.0575. The van der Waals surface area contributed by atoms with E-state index in [0.29, 0.717) is 6.07 Å². The standard InChI is InChI=1S/C20H19F2N3O6/c1-2-31-17(26)10-16(11-3-5-15(6-4-11)25(29)30)18(19(23)27)24-20(28)12-7-13(21)9-14(22)8-12/h3-9,16,18H,2,10H2,1H3,(H2,23,27)(H,24,28)/t16-,18+/m1/s1. The van der Waals surface area contributed by atoms with Gasteiger partial charge in [0.2, 0.25) is 5.91 Å². The van der Waals surface area contributed by atoms with Crippen LogP contribution in [-0.2, 0) is 14.3 Å². The molecule has 0 saturated carbocycles. The predicted octanol–water partition coefficient (Wildman–Crippen LogP) is 2.19. The summed E-state index contributed by atoms with van der Waals surface area (Å²) in [4.78, 5) is 47.0. The highest BCUT2D eigenvalue weighted by atomic mass is 19.1. The monoisotopic (exact) mass is 435 g/mol. The minimum Gasteiger partial charge on any atom is -0.466 e. The largest absolute Gasteiger partial charge is 0.466 e. The molecule has 0 bridgehead atoms. The molecule has 2 amide bonds. The number of nitro benzene ring substituents is 1. The maximum Gasteiger partial charge on any atom is 0.306 e. The quantitative estimate of drug-likeness (QED) is 0.351. The first-order valence-corrected chi connectivity index (χ1v) is 9.08. The molecule has 0 aliphatic carbocycles. The van der Waals surface area contributed by atoms with Gasteiger partial charge in [-0.15, -0.1) is 0 Å². The molecule has 0 aromatic heterocycles. The van der Waals surface area contributed by atoms with Crippen LogP contribution in [0, 0.1) is 21.7 Å². The van der Waals surface area contributed by atoms with Gasteiger partial charge in [0.25, 0.3) is 11.6 Å². The summed E-state index contributed by atoms with van der Waals surface area (Å²) >= 11 is 0. The highest BCUT2D eigenvalue weighted by Gasteiger charge is 2.32. The van der Waals surface area contributed by atoms with Crippen LogP contribution in [0.3, 0.4) is 0 Å². The van der Waals surface area contributed by atoms with E-state index in [9.17, 15) is 33.3 Å². The fourth-order valence-corrected chi connectivity index (χ4v) is 2.95. The molecule has 0 aliphatic heterocycles. The lowest BCUT2D eigenvalue weighted by molar-refractivity contribution is -0.384. The van der Waals surface area contributed by atoms with E-state index in [1.54, 1.807) is 6.92 Å². The van der Waals surface area contributed by atoms with Crippen LogP contribution in [0.25, 0.3) is 0 Å². The third kappa shape index (κ3) is 6.29. The molecule has 0 aliphatic rings. The normalized spacial score (nSPS) is 12.5. The number of primary amides is 1. The third-order valence-corrected chi connectivity index (χ3v) is 4.34. The Kier molecular flexibility index (Phi) is 7.72. The summed E-state index contributed by atoms with van der Waals surface area (Å²) in [5.74, 6) is -5.79. The number of carbonyl (C=O) groups is 3. The fourth-order valence-electron chi connectivity index (χ4n) is 2.95. The summed E-state index contributed by atoms with van der Waals surface area (Å²) in [6.07, 6.45) is -0.392. The second kappa shape index (κ2) is 10.2. The van der Waals surface area contributed by atoms with Crippen molar-refractivity contribution < 1.29 is 32.8 Å². The highest BCUT2D eigenvalue weighted by Crippen LogP contribution is 2.27. The van der Waals surface area contributed by atoms with Gasteiger partial charge in [-0.2, -0.15) is 0 Å². The number of ether oxygens (including phenoxy) is 1. The number of rotatable bonds is 9. The lowest BCUT2D eigenvalue weighted by Gasteiger charge is -2.25. The van der Waals surface area contributed by atoms with Crippen molar-refractivity contribution in [2.45, 2.75) is 25.3 Å². The first-order valence-electron chi connectivity index (χ1n) is 9.08. The van der Waals surface area contributed by atoms with E-state index in [1.165, 1.54) is 12.1 Å². The Balaban J connectivity index is 2.40. The third-order valence-electron chi connectivity index (χ3n) is 4.34. The zero-order chi connectivity index (χ0) is 23.1. The van der Waals surface area contributed by atoms with Gasteiger partial charge in [-0.05, 0) is 24.6 Å². The highest BCUT2D eigenvalue weighted by molar-refractivity contribution is 5.97. The summed E-state index contributed by atoms with van der Waals surface area (Å²) in [5.41, 5.74) is 5.08. The Morgan fingerprint density at radius 1 is 1.13 bits per heavy atom. The molecule has 0 fully saturated rings. The Hall–Kier alpha value is -3.89. The molecule has 2 rings (SSSR count). The van der Waals surface area contributed by atoms with Crippen molar-refractivity contribution in [1.29, 1.82) is 0 Å². The zero-order valence-corrected chi connectivity index (χ0v) is 16.3. The van der Waals surface area contributed by atoms with Crippen LogP contribution >= 0.6 is 0 Å². The van der Waals surface area contributed by atoms with E-state index in [2.05, 4.69) is 5.32 Å². The Morgan fingerprint density at radius 2 is 1.71 bits per heavy atom. The van der Waals surface area contributed by atoms with E-state index >= 15 is 0 Å². The second-order valence-corrected chi connectivity index (χ2v) is 6.48. The van der Waals surface area contributed by atoms with Crippen molar-refractivity contribution in [1.82, 2.24) is 5.32 Å². The van der Waals surface area contributed by atoms with Crippen LogP contribution in [0.4, 0.5) is 14.5 Å². The number of nitro groups is 1. The number of benzene rings is 2. The maximum atomic E-state index is 13.4. The van der Waals surface area contributed by atoms with Crippen molar-refractivity contribution >= 4 is 23.5 Å². The van der Waals surface area contributed by atoms with E-state index in [1.807, 2.05) is 0 Å². The van der Waals surface area contributed by atoms with E-state index in [-0.39, 0.29) is 17.9 Å². The molecule has 0 heterocycles. The molecule has 2 atom stereocenters. The van der Waals surface area contributed by atoms with Crippen molar-refractivity contribution in [3.05, 3.63) is 75.3 Å². The molecule has 9 nitrogen and oxygen atoms in total. The molecule has 3 N–H and O–H groups in total. The van der Waals surface area contributed by atoms with Gasteiger partial charge < -0.3 is 15.8 Å². The fraction of sp³-hybridized carbons (Fsp3) is 0.250. The van der Waals surface area contributed by atoms with Crippen LogP contribution in [-0.4, -0.2) is 35.4 Å². The molecule has 31 heavy (non-hydrogen) atoms. The van der Waals surface area contributed by atoms with E-state index < -0.39 is 58.3 Å².